The number of fused-ring (bicyclic) bond motifs is 1. The van der Waals surface area contributed by atoms with Crippen LogP contribution in [0.2, 0.25) is 0 Å². The molecule has 0 spiro atoms. The number of aryl methyl sites for hydroxylation is 1. The largest absolute Gasteiger partial charge is 0.273 e. The molecule has 0 bridgehead atoms. The highest BCUT2D eigenvalue weighted by Gasteiger charge is 2.07. The predicted molar refractivity (Wildman–Crippen MR) is 79.2 cm³/mol. The molecule has 100 valence electrons. The van der Waals surface area contributed by atoms with Crippen LogP contribution in [0, 0.1) is 11.6 Å². The zero-order valence-corrected chi connectivity index (χ0v) is 12.0. The van der Waals surface area contributed by atoms with Crippen LogP contribution in [0.4, 0.5) is 0 Å². The molecule has 0 aliphatic carbocycles. The molecule has 0 unspecified atom stereocenters. The third kappa shape index (κ3) is 2.98. The van der Waals surface area contributed by atoms with E-state index in [1.54, 1.807) is 10.9 Å². The molecule has 2 aromatic rings. The maximum absolute atomic E-state index is 11.9. The van der Waals surface area contributed by atoms with Gasteiger partial charge in [0.1, 0.15) is 4.64 Å². The van der Waals surface area contributed by atoms with Crippen molar-refractivity contribution in [3.8, 4) is 0 Å². The molecule has 5 heteroatoms. The highest BCUT2D eigenvalue weighted by Crippen LogP contribution is 2.14. The van der Waals surface area contributed by atoms with Crippen LogP contribution in [0.25, 0.3) is 11.0 Å². The van der Waals surface area contributed by atoms with Gasteiger partial charge in [0.15, 0.2) is 5.65 Å². The average molecular weight is 275 g/mol. The lowest BCUT2D eigenvalue weighted by atomic mass is 10.2. The molecule has 0 saturated carbocycles. The van der Waals surface area contributed by atoms with Crippen molar-refractivity contribution in [2.45, 2.75) is 33.1 Å². The lowest BCUT2D eigenvalue weighted by molar-refractivity contribution is -0.117. The number of unbranched alkanes of at least 4 members (excludes halogenated alkanes) is 1. The molecule has 0 aliphatic rings. The highest BCUT2D eigenvalue weighted by atomic mass is 32.1. The number of carbonyl (C=O) groups is 1. The van der Waals surface area contributed by atoms with E-state index in [0.29, 0.717) is 16.7 Å². The minimum atomic E-state index is -0.0319. The second-order valence-corrected chi connectivity index (χ2v) is 4.91. The Kier molecular flexibility index (Phi) is 4.27. The van der Waals surface area contributed by atoms with Crippen LogP contribution in [-0.2, 0) is 4.79 Å². The van der Waals surface area contributed by atoms with Crippen molar-refractivity contribution in [3.05, 3.63) is 34.6 Å². The van der Waals surface area contributed by atoms with Gasteiger partial charge in [-0.15, -0.1) is 0 Å². The number of rotatable bonds is 4. The molecule has 1 amide bonds. The molecule has 19 heavy (non-hydrogen) atoms. The Labute approximate surface area is 117 Å². The zero-order chi connectivity index (χ0) is 13.8. The summed E-state index contributed by atoms with van der Waals surface area (Å²) in [5, 5.41) is 0.962. The Bertz CT molecular complexity index is 663. The molecular formula is C14H17N3OS. The second-order valence-electron chi connectivity index (χ2n) is 4.52. The van der Waals surface area contributed by atoms with E-state index in [-0.39, 0.29) is 5.91 Å². The van der Waals surface area contributed by atoms with Crippen LogP contribution < -0.4 is 5.43 Å². The van der Waals surface area contributed by atoms with Crippen LogP contribution in [0.1, 0.15) is 31.7 Å². The average Bonchev–Trinajstić information content (AvgIpc) is 2.41. The van der Waals surface area contributed by atoms with E-state index in [0.717, 1.165) is 23.8 Å². The summed E-state index contributed by atoms with van der Waals surface area (Å²) in [6.45, 7) is 3.99. The fourth-order valence-corrected chi connectivity index (χ4v) is 2.09. The molecule has 0 radical (unpaired) electrons. The predicted octanol–water partition coefficient (Wildman–Crippen LogP) is 3.33. The van der Waals surface area contributed by atoms with Gasteiger partial charge in [0.25, 0.3) is 0 Å². The van der Waals surface area contributed by atoms with E-state index in [9.17, 15) is 4.79 Å². The Morgan fingerprint density at radius 1 is 1.53 bits per heavy atom. The van der Waals surface area contributed by atoms with Crippen LogP contribution >= 0.6 is 12.2 Å². The summed E-state index contributed by atoms with van der Waals surface area (Å²) in [4.78, 5) is 16.2. The van der Waals surface area contributed by atoms with Gasteiger partial charge >= 0.3 is 0 Å². The summed E-state index contributed by atoms with van der Waals surface area (Å²) in [5.74, 6) is -0.0319. The minimum Gasteiger partial charge on any atom is -0.273 e. The molecule has 0 fully saturated rings. The third-order valence-corrected chi connectivity index (χ3v) is 3.44. The van der Waals surface area contributed by atoms with Gasteiger partial charge in [-0.3, -0.25) is 10.2 Å². The fourth-order valence-electron chi connectivity index (χ4n) is 1.90. The van der Waals surface area contributed by atoms with Crippen molar-refractivity contribution in [1.82, 2.24) is 9.66 Å². The monoisotopic (exact) mass is 275 g/mol. The van der Waals surface area contributed by atoms with E-state index in [4.69, 9.17) is 12.2 Å². The summed E-state index contributed by atoms with van der Waals surface area (Å²) in [7, 11) is 0. The minimum absolute atomic E-state index is 0.0319. The first-order chi connectivity index (χ1) is 9.13. The highest BCUT2D eigenvalue weighted by molar-refractivity contribution is 7.71. The number of pyridine rings is 2. The Morgan fingerprint density at radius 3 is 3.05 bits per heavy atom. The van der Waals surface area contributed by atoms with Crippen molar-refractivity contribution in [1.29, 1.82) is 0 Å². The molecule has 4 nitrogen and oxygen atoms in total. The van der Waals surface area contributed by atoms with Gasteiger partial charge in [-0.1, -0.05) is 25.6 Å². The van der Waals surface area contributed by atoms with Gasteiger partial charge in [-0.2, -0.15) is 0 Å². The summed E-state index contributed by atoms with van der Waals surface area (Å²) >= 11 is 5.36. The van der Waals surface area contributed by atoms with Gasteiger partial charge in [0, 0.05) is 18.0 Å². The molecule has 0 atom stereocenters. The Morgan fingerprint density at radius 2 is 2.32 bits per heavy atom. The van der Waals surface area contributed by atoms with Crippen molar-refractivity contribution in [2.75, 3.05) is 5.43 Å². The standard InChI is InChI=1S/C14H17N3OS/c1-3-4-7-12(18)16-17-13-11(6-5-8-15-13)9-10(2)14(17)19/h5-6,8-9H,3-4,7H2,1-2H3,(H,16,18). The topological polar surface area (TPSA) is 46.9 Å². The lowest BCUT2D eigenvalue weighted by Gasteiger charge is -2.13. The van der Waals surface area contributed by atoms with E-state index in [1.807, 2.05) is 25.1 Å². The number of amides is 1. The van der Waals surface area contributed by atoms with E-state index in [2.05, 4.69) is 17.3 Å². The summed E-state index contributed by atoms with van der Waals surface area (Å²) in [6, 6.07) is 5.81. The maximum atomic E-state index is 11.9. The van der Waals surface area contributed by atoms with Crippen LogP contribution in [0.3, 0.4) is 0 Å². The van der Waals surface area contributed by atoms with Crippen LogP contribution in [-0.4, -0.2) is 15.6 Å². The number of nitrogens with zero attached hydrogens (tertiary/aromatic N) is 2. The molecular weight excluding hydrogens is 258 g/mol. The van der Waals surface area contributed by atoms with Gasteiger partial charge in [0.2, 0.25) is 5.91 Å². The molecule has 2 aromatic heterocycles. The van der Waals surface area contributed by atoms with E-state index >= 15 is 0 Å². The normalized spacial score (nSPS) is 10.6. The molecule has 0 saturated heterocycles. The first-order valence-corrected chi connectivity index (χ1v) is 6.81. The van der Waals surface area contributed by atoms with Gasteiger partial charge in [0.05, 0.1) is 0 Å². The lowest BCUT2D eigenvalue weighted by Crippen LogP contribution is -2.24. The maximum Gasteiger partial charge on any atom is 0.238 e. The molecule has 2 rings (SSSR count). The molecule has 0 aliphatic heterocycles. The van der Waals surface area contributed by atoms with Crippen molar-refractivity contribution < 1.29 is 4.79 Å². The first kappa shape index (κ1) is 13.7. The fraction of sp³-hybridized carbons (Fsp3) is 0.357. The van der Waals surface area contributed by atoms with Crippen molar-refractivity contribution >= 4 is 29.2 Å². The SMILES string of the molecule is CCCCC(=O)Nn1c(=S)c(C)cc2cccnc21. The summed E-state index contributed by atoms with van der Waals surface area (Å²) in [6.07, 6.45) is 4.06. The Balaban J connectivity index is 2.43. The number of carbonyl (C=O) groups excluding carboxylic acids is 1. The number of nitrogens with one attached hydrogen (secondary N) is 1. The summed E-state index contributed by atoms with van der Waals surface area (Å²) < 4.78 is 2.20. The summed E-state index contributed by atoms with van der Waals surface area (Å²) in [5.41, 5.74) is 4.47. The Hall–Kier alpha value is -1.75. The van der Waals surface area contributed by atoms with Crippen LogP contribution in [0.5, 0.6) is 0 Å². The van der Waals surface area contributed by atoms with Gasteiger partial charge in [-0.05, 0) is 37.1 Å². The second kappa shape index (κ2) is 5.93. The molecule has 2 heterocycles. The van der Waals surface area contributed by atoms with E-state index in [1.165, 1.54) is 0 Å². The van der Waals surface area contributed by atoms with Gasteiger partial charge < -0.3 is 0 Å². The van der Waals surface area contributed by atoms with Gasteiger partial charge in [-0.25, -0.2) is 9.66 Å². The van der Waals surface area contributed by atoms with E-state index < -0.39 is 0 Å². The van der Waals surface area contributed by atoms with Crippen molar-refractivity contribution in [3.63, 3.8) is 0 Å². The van der Waals surface area contributed by atoms with Crippen LogP contribution in [0.15, 0.2) is 24.4 Å². The zero-order valence-electron chi connectivity index (χ0n) is 11.1. The number of aromatic nitrogens is 2. The number of hydrogen-bond donors (Lipinski definition) is 1. The number of hydrogen-bond acceptors (Lipinski definition) is 3. The first-order valence-electron chi connectivity index (χ1n) is 6.40. The molecule has 1 N–H and O–H groups in total. The molecule has 0 aromatic carbocycles. The van der Waals surface area contributed by atoms with Crippen molar-refractivity contribution in [2.24, 2.45) is 0 Å². The smallest absolute Gasteiger partial charge is 0.238 e. The quantitative estimate of drug-likeness (QED) is 0.871. The third-order valence-electron chi connectivity index (χ3n) is 2.94.